The molecule has 0 amide bonds. The normalized spacial score (nSPS) is 10.5. The lowest BCUT2D eigenvalue weighted by Gasteiger charge is -2.06. The second-order valence-corrected chi connectivity index (χ2v) is 8.55. The predicted octanol–water partition coefficient (Wildman–Crippen LogP) is 4.34. The lowest BCUT2D eigenvalue weighted by molar-refractivity contribution is -0.697. The molecule has 0 saturated heterocycles. The van der Waals surface area contributed by atoms with E-state index in [1.165, 1.54) is 89.9 Å². The van der Waals surface area contributed by atoms with Crippen molar-refractivity contribution in [3.63, 3.8) is 0 Å². The summed E-state index contributed by atoms with van der Waals surface area (Å²) in [5.41, 5.74) is 0.614. The molecule has 0 aliphatic carbocycles. The Hall–Kier alpha value is -1.35. The van der Waals surface area contributed by atoms with E-state index >= 15 is 0 Å². The summed E-state index contributed by atoms with van der Waals surface area (Å²) in [6, 6.07) is 5.91. The van der Waals surface area contributed by atoms with E-state index in [-0.39, 0.29) is 18.4 Å². The van der Waals surface area contributed by atoms with Gasteiger partial charge in [-0.1, -0.05) is 109 Å². The minimum Gasteiger partial charge on any atom is -1.00 e. The van der Waals surface area contributed by atoms with Crippen LogP contribution in [-0.2, 0) is 16.1 Å². The molecule has 0 unspecified atom stereocenters. The Labute approximate surface area is 198 Å². The fourth-order valence-corrected chi connectivity index (χ4v) is 3.74. The molecule has 1 aromatic rings. The van der Waals surface area contributed by atoms with Gasteiger partial charge in [-0.05, 0) is 12.8 Å². The molecule has 0 aliphatic heterocycles. The van der Waals surface area contributed by atoms with Crippen molar-refractivity contribution in [2.75, 3.05) is 6.61 Å². The van der Waals surface area contributed by atoms with Crippen LogP contribution in [-0.4, -0.2) is 12.6 Å². The number of pyridine rings is 1. The number of ether oxygens (including phenoxy) is 1. The van der Waals surface area contributed by atoms with Crippen molar-refractivity contribution in [2.45, 2.75) is 116 Å². The van der Waals surface area contributed by atoms with Gasteiger partial charge in [0.1, 0.15) is 0 Å². The number of halogens is 1. The van der Waals surface area contributed by atoms with E-state index in [9.17, 15) is 4.79 Å². The first-order valence-corrected chi connectivity index (χ1v) is 12.5. The van der Waals surface area contributed by atoms with Gasteiger partial charge < -0.3 is 17.1 Å². The fraction of sp³-hybridized carbons (Fsp3) is 0.704. The second-order valence-electron chi connectivity index (χ2n) is 8.55. The molecule has 1 aromatic heterocycles. The first kappa shape index (κ1) is 29.7. The zero-order valence-corrected chi connectivity index (χ0v) is 20.7. The zero-order valence-electron chi connectivity index (χ0n) is 20.0. The maximum Gasteiger partial charge on any atom is 0.333 e. The summed E-state index contributed by atoms with van der Waals surface area (Å²) in [5.74, 6) is -0.239. The molecule has 0 aliphatic rings. The number of unbranched alkanes of at least 4 members (excludes halogenated alkanes) is 14. The number of esters is 1. The summed E-state index contributed by atoms with van der Waals surface area (Å²) in [7, 11) is 0. The van der Waals surface area contributed by atoms with Crippen LogP contribution in [0.4, 0.5) is 0 Å². The Kier molecular flexibility index (Phi) is 20.9. The summed E-state index contributed by atoms with van der Waals surface area (Å²) in [6.07, 6.45) is 25.0. The van der Waals surface area contributed by atoms with Gasteiger partial charge in [0.05, 0.1) is 0 Å². The molecule has 178 valence electrons. The van der Waals surface area contributed by atoms with E-state index in [0.29, 0.717) is 18.7 Å². The van der Waals surface area contributed by atoms with Crippen LogP contribution in [0.1, 0.15) is 110 Å². The molecule has 0 bridgehead atoms. The molecule has 4 heteroatoms. The van der Waals surface area contributed by atoms with Crippen molar-refractivity contribution in [3.05, 3.63) is 42.7 Å². The average molecular weight is 452 g/mol. The molecular weight excluding hydrogens is 406 g/mol. The molecule has 0 saturated carbocycles. The monoisotopic (exact) mass is 451 g/mol. The van der Waals surface area contributed by atoms with Crippen LogP contribution in [0, 0.1) is 0 Å². The van der Waals surface area contributed by atoms with Crippen LogP contribution in [0.15, 0.2) is 42.7 Å². The quantitative estimate of drug-likeness (QED) is 0.128. The number of carbonyl (C=O) groups excluding carboxylic acids is 1. The first-order chi connectivity index (χ1) is 14.7. The topological polar surface area (TPSA) is 30.2 Å². The number of hydrogen-bond donors (Lipinski definition) is 0. The molecule has 0 radical (unpaired) electrons. The van der Waals surface area contributed by atoms with Crippen molar-refractivity contribution >= 4 is 5.97 Å². The van der Waals surface area contributed by atoms with Gasteiger partial charge in [-0.25, -0.2) is 9.36 Å². The second kappa shape index (κ2) is 21.9. The maximum absolute atomic E-state index is 12.0. The number of hydrogen-bond acceptors (Lipinski definition) is 2. The summed E-state index contributed by atoms with van der Waals surface area (Å²) in [5, 5.41) is 0. The van der Waals surface area contributed by atoms with Gasteiger partial charge in [0, 0.05) is 17.7 Å². The van der Waals surface area contributed by atoms with E-state index in [0.717, 1.165) is 12.8 Å². The van der Waals surface area contributed by atoms with E-state index < -0.39 is 0 Å². The molecule has 1 heterocycles. The molecule has 0 spiro atoms. The summed E-state index contributed by atoms with van der Waals surface area (Å²) in [4.78, 5) is 12.0. The lowest BCUT2D eigenvalue weighted by atomic mass is 10.0. The Bertz CT molecular complexity index is 547. The van der Waals surface area contributed by atoms with Crippen molar-refractivity contribution in [1.29, 1.82) is 0 Å². The summed E-state index contributed by atoms with van der Waals surface area (Å²) in [6.45, 7) is 7.25. The fourth-order valence-electron chi connectivity index (χ4n) is 3.74. The third-order valence-corrected chi connectivity index (χ3v) is 5.73. The average Bonchev–Trinajstić information content (AvgIpc) is 2.77. The van der Waals surface area contributed by atoms with Gasteiger partial charge >= 0.3 is 5.97 Å². The SMILES string of the molecule is C=C(CCCCCCCCCCCCCCCCC)C(=O)OCC[n+]1ccccc1.[Cl-]. The lowest BCUT2D eigenvalue weighted by Crippen LogP contribution is -3.00. The van der Waals surface area contributed by atoms with Gasteiger partial charge in [-0.2, -0.15) is 0 Å². The molecule has 0 atom stereocenters. The van der Waals surface area contributed by atoms with Gasteiger partial charge in [-0.3, -0.25) is 0 Å². The van der Waals surface area contributed by atoms with E-state index in [4.69, 9.17) is 4.74 Å². The minimum atomic E-state index is -0.239. The predicted molar refractivity (Wildman–Crippen MR) is 126 cm³/mol. The molecule has 31 heavy (non-hydrogen) atoms. The van der Waals surface area contributed by atoms with Crippen LogP contribution in [0.5, 0.6) is 0 Å². The molecule has 3 nitrogen and oxygen atoms in total. The molecule has 1 rings (SSSR count). The third-order valence-electron chi connectivity index (χ3n) is 5.73. The van der Waals surface area contributed by atoms with Crippen molar-refractivity contribution < 1.29 is 26.5 Å². The number of carbonyl (C=O) groups is 1. The molecule has 0 fully saturated rings. The molecule has 0 aromatic carbocycles. The summed E-state index contributed by atoms with van der Waals surface area (Å²) < 4.78 is 7.33. The van der Waals surface area contributed by atoms with Crippen LogP contribution >= 0.6 is 0 Å². The van der Waals surface area contributed by atoms with Crippen LogP contribution < -0.4 is 17.0 Å². The van der Waals surface area contributed by atoms with Gasteiger partial charge in [0.15, 0.2) is 25.5 Å². The molecular formula is C27H46ClNO2. The highest BCUT2D eigenvalue weighted by molar-refractivity contribution is 5.87. The summed E-state index contributed by atoms with van der Waals surface area (Å²) >= 11 is 0. The first-order valence-electron chi connectivity index (χ1n) is 12.5. The standard InChI is InChI=1S/C27H46NO2.ClH/c1-3-4-5-6-7-8-9-10-11-12-13-14-15-16-18-21-26(2)27(29)30-25-24-28-22-19-17-20-23-28;/h17,19-20,22-23H,2-16,18,21,24-25H2,1H3;1H/q+1;/p-1. The van der Waals surface area contributed by atoms with E-state index in [1.807, 2.05) is 35.2 Å². The van der Waals surface area contributed by atoms with E-state index in [2.05, 4.69) is 13.5 Å². The van der Waals surface area contributed by atoms with Gasteiger partial charge in [-0.15, -0.1) is 0 Å². The number of rotatable bonds is 20. The van der Waals surface area contributed by atoms with Crippen molar-refractivity contribution in [3.8, 4) is 0 Å². The number of aromatic nitrogens is 1. The highest BCUT2D eigenvalue weighted by Gasteiger charge is 2.09. The Morgan fingerprint density at radius 2 is 1.19 bits per heavy atom. The highest BCUT2D eigenvalue weighted by Crippen LogP contribution is 2.15. The van der Waals surface area contributed by atoms with Gasteiger partial charge in [0.2, 0.25) is 0 Å². The van der Waals surface area contributed by atoms with Crippen molar-refractivity contribution in [2.24, 2.45) is 0 Å². The zero-order chi connectivity index (χ0) is 21.7. The van der Waals surface area contributed by atoms with Crippen LogP contribution in [0.3, 0.4) is 0 Å². The molecule has 0 N–H and O–H groups in total. The van der Waals surface area contributed by atoms with Gasteiger partial charge in [0.25, 0.3) is 0 Å². The Balaban J connectivity index is 0.00000900. The third kappa shape index (κ3) is 18.0. The van der Waals surface area contributed by atoms with Crippen molar-refractivity contribution in [1.82, 2.24) is 0 Å². The number of nitrogens with zero attached hydrogens (tertiary/aromatic N) is 1. The Morgan fingerprint density at radius 1 is 0.742 bits per heavy atom. The minimum absolute atomic E-state index is 0. The maximum atomic E-state index is 12.0. The van der Waals surface area contributed by atoms with Crippen LogP contribution in [0.2, 0.25) is 0 Å². The largest absolute Gasteiger partial charge is 1.00 e. The smallest absolute Gasteiger partial charge is 0.333 e. The Morgan fingerprint density at radius 3 is 1.68 bits per heavy atom. The van der Waals surface area contributed by atoms with E-state index in [1.54, 1.807) is 0 Å². The highest BCUT2D eigenvalue weighted by atomic mass is 35.5. The van der Waals surface area contributed by atoms with Crippen LogP contribution in [0.25, 0.3) is 0 Å².